The van der Waals surface area contributed by atoms with E-state index >= 15 is 0 Å². The van der Waals surface area contributed by atoms with E-state index in [4.69, 9.17) is 33.4 Å². The maximum absolute atomic E-state index is 13.8. The Morgan fingerprint density at radius 3 is 1.77 bits per heavy atom. The average Bonchev–Trinajstić information content (AvgIpc) is 4.14. The first-order valence-corrected chi connectivity index (χ1v) is 21.9. The van der Waals surface area contributed by atoms with Crippen LogP contribution < -0.4 is 20.1 Å². The lowest BCUT2D eigenvalue weighted by Gasteiger charge is -2.30. The summed E-state index contributed by atoms with van der Waals surface area (Å²) in [4.78, 5) is 71.3. The van der Waals surface area contributed by atoms with Crippen LogP contribution in [0.4, 0.5) is 9.59 Å². The monoisotopic (exact) mass is 902 g/mol. The van der Waals surface area contributed by atoms with Crippen LogP contribution in [0.2, 0.25) is 0 Å². The van der Waals surface area contributed by atoms with Crippen molar-refractivity contribution in [2.24, 2.45) is 11.8 Å². The lowest BCUT2D eigenvalue weighted by Crippen LogP contribution is -2.51. The molecule has 0 saturated carbocycles. The highest BCUT2D eigenvalue weighted by atomic mass is 16.6. The van der Waals surface area contributed by atoms with Crippen molar-refractivity contribution < 1.29 is 52.7 Å². The minimum absolute atomic E-state index is 0.100. The van der Waals surface area contributed by atoms with Crippen molar-refractivity contribution in [2.45, 2.75) is 77.2 Å². The Morgan fingerprint density at radius 1 is 0.692 bits per heavy atom. The number of alkyl carbamates (subject to hydrolysis) is 2. The SMILES string of the molecule is COCCOc1c(-c2ccc(-c3cnc([C@@H]4C[C@@H](O)CN4C(=O)[C@@H](NC(=O)OC)C(C)C)[nH]3)cc2)ccc(-c2cnc([C@@H]3CCCN3C(=O)[C@@H](NC(=O)OC)C(C)C)[nH]2)c1OCCOC. The number of methoxy groups -OCH3 is 4. The number of likely N-dealkylation sites (tertiary alicyclic amines) is 2. The van der Waals surface area contributed by atoms with E-state index in [0.29, 0.717) is 66.3 Å². The Labute approximate surface area is 378 Å². The number of β-amino-alcohol motifs (C(OH)–C–C–N with tert-alkyl or cyclic N) is 1. The highest BCUT2D eigenvalue weighted by Crippen LogP contribution is 2.46. The lowest BCUT2D eigenvalue weighted by atomic mass is 9.98. The molecule has 352 valence electrons. The van der Waals surface area contributed by atoms with E-state index in [0.717, 1.165) is 23.1 Å². The molecule has 4 heterocycles. The third-order valence-corrected chi connectivity index (χ3v) is 11.7. The van der Waals surface area contributed by atoms with Gasteiger partial charge in [0, 0.05) is 44.9 Å². The predicted molar refractivity (Wildman–Crippen MR) is 239 cm³/mol. The molecule has 0 unspecified atom stereocenters. The lowest BCUT2D eigenvalue weighted by molar-refractivity contribution is -0.136. The summed E-state index contributed by atoms with van der Waals surface area (Å²) >= 11 is 0. The number of hydrogen-bond donors (Lipinski definition) is 5. The van der Waals surface area contributed by atoms with Gasteiger partial charge in [-0.1, -0.05) is 52.0 Å². The Kier molecular flexibility index (Phi) is 16.4. The topological polar surface area (TPSA) is 232 Å². The summed E-state index contributed by atoms with van der Waals surface area (Å²) in [5, 5.41) is 16.0. The molecule has 0 bridgehead atoms. The van der Waals surface area contributed by atoms with Gasteiger partial charge in [-0.05, 0) is 47.9 Å². The maximum atomic E-state index is 13.8. The fraction of sp³-hybridized carbons (Fsp3) is 0.522. The number of aliphatic hydroxyl groups excluding tert-OH is 1. The molecule has 2 aliphatic rings. The molecule has 0 aliphatic carbocycles. The van der Waals surface area contributed by atoms with Gasteiger partial charge in [0.2, 0.25) is 11.8 Å². The third-order valence-electron chi connectivity index (χ3n) is 11.7. The molecule has 0 radical (unpaired) electrons. The second-order valence-electron chi connectivity index (χ2n) is 16.7. The van der Waals surface area contributed by atoms with Crippen LogP contribution >= 0.6 is 0 Å². The number of benzene rings is 2. The molecule has 2 aromatic carbocycles. The highest BCUT2D eigenvalue weighted by molar-refractivity contribution is 5.88. The Bertz CT molecular complexity index is 2240. The smallest absolute Gasteiger partial charge is 0.407 e. The Hall–Kier alpha value is -6.18. The van der Waals surface area contributed by atoms with Crippen molar-refractivity contribution in [3.8, 4) is 45.1 Å². The van der Waals surface area contributed by atoms with Crippen LogP contribution in [0.1, 0.15) is 70.7 Å². The molecular weight excluding hydrogens is 841 g/mol. The fourth-order valence-electron chi connectivity index (χ4n) is 8.26. The average molecular weight is 903 g/mol. The zero-order valence-electron chi connectivity index (χ0n) is 38.3. The van der Waals surface area contributed by atoms with E-state index in [9.17, 15) is 24.3 Å². The number of aromatic nitrogens is 4. The Morgan fingerprint density at radius 2 is 1.20 bits per heavy atom. The minimum atomic E-state index is -0.848. The number of ether oxygens (including phenoxy) is 6. The number of carbonyl (C=O) groups is 4. The molecule has 2 fully saturated rings. The summed E-state index contributed by atoms with van der Waals surface area (Å²) in [6.45, 7) is 9.14. The molecule has 2 aromatic heterocycles. The number of rotatable bonds is 19. The molecule has 2 aliphatic heterocycles. The Balaban J connectivity index is 1.29. The van der Waals surface area contributed by atoms with Gasteiger partial charge in [0.25, 0.3) is 0 Å². The first kappa shape index (κ1) is 48.3. The number of hydrogen-bond acceptors (Lipinski definition) is 13. The van der Waals surface area contributed by atoms with Gasteiger partial charge in [0.15, 0.2) is 11.5 Å². The van der Waals surface area contributed by atoms with Crippen molar-refractivity contribution in [3.63, 3.8) is 0 Å². The zero-order chi connectivity index (χ0) is 46.8. The van der Waals surface area contributed by atoms with E-state index in [2.05, 4.69) is 25.6 Å². The zero-order valence-corrected chi connectivity index (χ0v) is 38.3. The van der Waals surface area contributed by atoms with Crippen LogP contribution in [0, 0.1) is 11.8 Å². The normalized spacial score (nSPS) is 18.2. The van der Waals surface area contributed by atoms with Gasteiger partial charge in [-0.2, -0.15) is 0 Å². The summed E-state index contributed by atoms with van der Waals surface area (Å²) in [5.41, 5.74) is 4.48. The fourth-order valence-corrected chi connectivity index (χ4v) is 8.26. The number of imidazole rings is 2. The molecule has 4 amide bonds. The van der Waals surface area contributed by atoms with Gasteiger partial charge in [0.1, 0.15) is 36.9 Å². The second kappa shape index (κ2) is 22.1. The van der Waals surface area contributed by atoms with Crippen molar-refractivity contribution >= 4 is 24.0 Å². The molecule has 0 spiro atoms. The summed E-state index contributed by atoms with van der Waals surface area (Å²) in [6.07, 6.45) is 3.02. The molecule has 4 aromatic rings. The van der Waals surface area contributed by atoms with Crippen LogP contribution in [-0.4, -0.2) is 145 Å². The van der Waals surface area contributed by atoms with Crippen molar-refractivity contribution in [1.82, 2.24) is 40.4 Å². The van der Waals surface area contributed by atoms with Gasteiger partial charge >= 0.3 is 12.2 Å². The summed E-state index contributed by atoms with van der Waals surface area (Å²) < 4.78 is 33.1. The molecule has 5 N–H and O–H groups in total. The highest BCUT2D eigenvalue weighted by Gasteiger charge is 2.41. The summed E-state index contributed by atoms with van der Waals surface area (Å²) in [5.74, 6) is 1.14. The van der Waals surface area contributed by atoms with Gasteiger partial charge < -0.3 is 63.9 Å². The molecule has 2 saturated heterocycles. The molecule has 19 heteroatoms. The quantitative estimate of drug-likeness (QED) is 0.0759. The van der Waals surface area contributed by atoms with E-state index in [1.807, 2.05) is 64.1 Å². The van der Waals surface area contributed by atoms with Crippen molar-refractivity contribution in [3.05, 3.63) is 60.4 Å². The standard InChI is InChI=1S/C46H62N8O11/c1-26(2)37(51-45(58)62-7)43(56)53-17-9-10-35(53)41-48-24-34(50-41)32-16-15-31(39(64-20-18-60-5)40(32)65-21-19-61-6)28-11-13-29(14-12-28)33-23-47-42(49-33)36-22-30(55)25-54(36)44(57)38(27(3)4)52-46(59)63-8/h11-16,23-24,26-27,30,35-38,55H,9-10,17-22,25H2,1-8H3,(H,47,49)(H,48,50)(H,51,58)(H,52,59)/t30-,35+,36+,37+,38+/m1/s1. The number of amides is 4. The van der Waals surface area contributed by atoms with E-state index in [1.165, 1.54) is 14.2 Å². The van der Waals surface area contributed by atoms with Crippen LogP contribution in [0.15, 0.2) is 48.8 Å². The molecule has 19 nitrogen and oxygen atoms in total. The van der Waals surface area contributed by atoms with E-state index < -0.39 is 36.4 Å². The maximum Gasteiger partial charge on any atom is 0.407 e. The number of nitrogens with one attached hydrogen (secondary N) is 4. The van der Waals surface area contributed by atoms with Gasteiger partial charge in [-0.25, -0.2) is 19.6 Å². The van der Waals surface area contributed by atoms with Crippen LogP contribution in [0.3, 0.4) is 0 Å². The number of H-pyrrole nitrogens is 2. The van der Waals surface area contributed by atoms with E-state index in [1.54, 1.807) is 36.4 Å². The number of nitrogens with zero attached hydrogens (tertiary/aromatic N) is 4. The summed E-state index contributed by atoms with van der Waals surface area (Å²) in [7, 11) is 5.71. The number of carbonyl (C=O) groups excluding carboxylic acids is 4. The molecule has 6 rings (SSSR count). The third kappa shape index (κ3) is 11.2. The molecular formula is C46H62N8O11. The largest absolute Gasteiger partial charge is 0.487 e. The van der Waals surface area contributed by atoms with Crippen LogP contribution in [0.25, 0.3) is 33.6 Å². The van der Waals surface area contributed by atoms with Crippen molar-refractivity contribution in [2.75, 3.05) is 68.0 Å². The second-order valence-corrected chi connectivity index (χ2v) is 16.7. The first-order chi connectivity index (χ1) is 31.3. The van der Waals surface area contributed by atoms with Crippen LogP contribution in [0.5, 0.6) is 11.5 Å². The molecule has 5 atom stereocenters. The number of aromatic amines is 2. The van der Waals surface area contributed by atoms with Crippen molar-refractivity contribution in [1.29, 1.82) is 0 Å². The number of aliphatic hydroxyl groups is 1. The van der Waals surface area contributed by atoms with E-state index in [-0.39, 0.29) is 55.9 Å². The first-order valence-electron chi connectivity index (χ1n) is 21.9. The van der Waals surface area contributed by atoms with Gasteiger partial charge in [-0.3, -0.25) is 9.59 Å². The summed E-state index contributed by atoms with van der Waals surface area (Å²) in [6, 6.07) is 9.24. The van der Waals surface area contributed by atoms with Gasteiger partial charge in [-0.15, -0.1) is 0 Å². The minimum Gasteiger partial charge on any atom is -0.487 e. The van der Waals surface area contributed by atoms with Crippen LogP contribution in [-0.2, 0) is 28.5 Å². The molecule has 65 heavy (non-hydrogen) atoms. The van der Waals surface area contributed by atoms with Gasteiger partial charge in [0.05, 0.1) is 69.4 Å². The predicted octanol–water partition coefficient (Wildman–Crippen LogP) is 5.24.